The van der Waals surface area contributed by atoms with E-state index < -0.39 is 6.10 Å². The van der Waals surface area contributed by atoms with Crippen LogP contribution in [0.5, 0.6) is 0 Å². The third-order valence-electron chi connectivity index (χ3n) is 3.13. The zero-order valence-electron chi connectivity index (χ0n) is 10.7. The first-order valence-electron chi connectivity index (χ1n) is 6.11. The largest absolute Gasteiger partial charge is 0.462 e. The smallest absolute Gasteiger partial charge is 0.213 e. The molecule has 0 saturated heterocycles. The maximum absolute atomic E-state index is 13.4. The number of hydrogen-bond acceptors (Lipinski definition) is 4. The van der Waals surface area contributed by atoms with Crippen molar-refractivity contribution in [1.29, 1.82) is 0 Å². The Balaban J connectivity index is 2.02. The topological polar surface area (TPSA) is 38.3 Å². The van der Waals surface area contributed by atoms with Crippen molar-refractivity contribution in [3.05, 3.63) is 63.9 Å². The van der Waals surface area contributed by atoms with Gasteiger partial charge in [0.15, 0.2) is 12.0 Å². The molecule has 3 nitrogen and oxygen atoms in total. The van der Waals surface area contributed by atoms with Gasteiger partial charge >= 0.3 is 0 Å². The first-order valence-corrected chi connectivity index (χ1v) is 7.06. The summed E-state index contributed by atoms with van der Waals surface area (Å²) in [5.41, 5.74) is 1.74. The van der Waals surface area contributed by atoms with Crippen molar-refractivity contribution < 1.29 is 13.9 Å². The van der Waals surface area contributed by atoms with Crippen LogP contribution in [0.3, 0.4) is 0 Å². The summed E-state index contributed by atoms with van der Waals surface area (Å²) in [6, 6.07) is 7.82. The van der Waals surface area contributed by atoms with E-state index in [-0.39, 0.29) is 11.6 Å². The van der Waals surface area contributed by atoms with Gasteiger partial charge in [-0.1, -0.05) is 12.1 Å². The molecule has 0 fully saturated rings. The predicted molar refractivity (Wildman–Crippen MR) is 75.5 cm³/mol. The van der Waals surface area contributed by atoms with Gasteiger partial charge in [0.25, 0.3) is 0 Å². The molecule has 0 aliphatic carbocycles. The Kier molecular flexibility index (Phi) is 3.28. The molecule has 0 amide bonds. The van der Waals surface area contributed by atoms with E-state index in [1.165, 1.54) is 23.5 Å². The van der Waals surface area contributed by atoms with Crippen molar-refractivity contribution in [3.63, 3.8) is 0 Å². The molecule has 1 unspecified atom stereocenters. The highest BCUT2D eigenvalue weighted by Crippen LogP contribution is 2.37. The van der Waals surface area contributed by atoms with Gasteiger partial charge in [-0.3, -0.25) is 4.79 Å². The van der Waals surface area contributed by atoms with Crippen LogP contribution >= 0.6 is 11.3 Å². The van der Waals surface area contributed by atoms with Gasteiger partial charge in [0.1, 0.15) is 5.82 Å². The lowest BCUT2D eigenvalue weighted by Gasteiger charge is -2.09. The van der Waals surface area contributed by atoms with Gasteiger partial charge in [-0.15, -0.1) is 0 Å². The Morgan fingerprint density at radius 1 is 1.35 bits per heavy atom. The molecule has 1 aromatic carbocycles. The monoisotopic (exact) mass is 289 g/mol. The summed E-state index contributed by atoms with van der Waals surface area (Å²) in [4.78, 5) is 12.5. The Morgan fingerprint density at radius 2 is 2.20 bits per heavy atom. The quantitative estimate of drug-likeness (QED) is 0.943. The minimum absolute atomic E-state index is 0.154. The number of hydrogen-bond donors (Lipinski definition) is 1. The summed E-state index contributed by atoms with van der Waals surface area (Å²) in [6.07, 6.45) is -0.651. The van der Waals surface area contributed by atoms with Crippen LogP contribution in [-0.2, 0) is 9.53 Å². The number of carbonyl (C=O) groups excluding carboxylic acids is 1. The van der Waals surface area contributed by atoms with E-state index in [9.17, 15) is 9.18 Å². The maximum atomic E-state index is 13.4. The molecule has 1 aliphatic rings. The first-order chi connectivity index (χ1) is 9.70. The molecule has 1 aliphatic heterocycles. The standard InChI is InChI=1S/C15H12FNO2S/c1-17-15-12(9-3-2-4-11(16)7-9)13(18)14(19-15)10-5-6-20-8-10/h2-8,14,17H,1H3. The van der Waals surface area contributed by atoms with Crippen LogP contribution in [0.15, 0.2) is 47.0 Å². The third-order valence-corrected chi connectivity index (χ3v) is 3.84. The number of halogens is 1. The average Bonchev–Trinajstić information content (AvgIpc) is 3.05. The summed E-state index contributed by atoms with van der Waals surface area (Å²) >= 11 is 1.51. The van der Waals surface area contributed by atoms with Crippen LogP contribution in [0.4, 0.5) is 4.39 Å². The zero-order chi connectivity index (χ0) is 14.1. The summed E-state index contributed by atoms with van der Waals surface area (Å²) in [6.45, 7) is 0. The third kappa shape index (κ3) is 2.10. The van der Waals surface area contributed by atoms with Gasteiger partial charge in [-0.2, -0.15) is 11.3 Å². The van der Waals surface area contributed by atoms with E-state index in [4.69, 9.17) is 4.74 Å². The van der Waals surface area contributed by atoms with Crippen molar-refractivity contribution in [1.82, 2.24) is 5.32 Å². The fraction of sp³-hybridized carbons (Fsp3) is 0.133. The van der Waals surface area contributed by atoms with Crippen LogP contribution in [-0.4, -0.2) is 12.8 Å². The van der Waals surface area contributed by atoms with E-state index in [1.54, 1.807) is 19.2 Å². The molecular formula is C15H12FNO2S. The Labute approximate surface area is 119 Å². The van der Waals surface area contributed by atoms with Crippen LogP contribution in [0.25, 0.3) is 5.57 Å². The number of nitrogens with one attached hydrogen (secondary N) is 1. The number of carbonyl (C=O) groups is 1. The highest BCUT2D eigenvalue weighted by molar-refractivity contribution is 7.08. The number of Topliss-reactive ketones (excluding diaryl/α,β-unsaturated/α-hetero) is 1. The van der Waals surface area contributed by atoms with E-state index in [0.717, 1.165) is 5.56 Å². The van der Waals surface area contributed by atoms with Gasteiger partial charge in [-0.05, 0) is 34.5 Å². The lowest BCUT2D eigenvalue weighted by Crippen LogP contribution is -2.09. The average molecular weight is 289 g/mol. The second-order valence-corrected chi connectivity index (χ2v) is 5.16. The molecule has 0 radical (unpaired) electrons. The molecule has 2 aromatic rings. The Bertz CT molecular complexity index is 679. The van der Waals surface area contributed by atoms with Crippen LogP contribution < -0.4 is 5.32 Å². The van der Waals surface area contributed by atoms with Crippen molar-refractivity contribution in [2.75, 3.05) is 7.05 Å². The SMILES string of the molecule is CNC1=C(c2cccc(F)c2)C(=O)C(c2ccsc2)O1. The number of thiophene rings is 1. The highest BCUT2D eigenvalue weighted by Gasteiger charge is 2.37. The van der Waals surface area contributed by atoms with Crippen LogP contribution in [0.1, 0.15) is 17.2 Å². The van der Waals surface area contributed by atoms with Gasteiger partial charge in [0, 0.05) is 12.6 Å². The van der Waals surface area contributed by atoms with E-state index in [0.29, 0.717) is 17.0 Å². The second-order valence-electron chi connectivity index (χ2n) is 4.38. The molecular weight excluding hydrogens is 277 g/mol. The molecule has 0 bridgehead atoms. The van der Waals surface area contributed by atoms with Crippen molar-refractivity contribution in [2.45, 2.75) is 6.10 Å². The molecule has 20 heavy (non-hydrogen) atoms. The summed E-state index contributed by atoms with van der Waals surface area (Å²) < 4.78 is 19.0. The lowest BCUT2D eigenvalue weighted by molar-refractivity contribution is -0.120. The molecule has 0 saturated carbocycles. The van der Waals surface area contributed by atoms with E-state index in [1.807, 2.05) is 16.8 Å². The van der Waals surface area contributed by atoms with Crippen molar-refractivity contribution in [3.8, 4) is 0 Å². The van der Waals surface area contributed by atoms with Gasteiger partial charge in [0.05, 0.1) is 5.57 Å². The van der Waals surface area contributed by atoms with Crippen LogP contribution in [0, 0.1) is 5.82 Å². The molecule has 2 heterocycles. The first kappa shape index (κ1) is 12.9. The molecule has 1 N–H and O–H groups in total. The van der Waals surface area contributed by atoms with Crippen molar-refractivity contribution >= 4 is 22.7 Å². The van der Waals surface area contributed by atoms with Crippen LogP contribution in [0.2, 0.25) is 0 Å². The Morgan fingerprint density at radius 3 is 2.85 bits per heavy atom. The van der Waals surface area contributed by atoms with E-state index >= 15 is 0 Å². The fourth-order valence-corrected chi connectivity index (χ4v) is 2.89. The zero-order valence-corrected chi connectivity index (χ0v) is 11.5. The molecule has 0 spiro atoms. The second kappa shape index (κ2) is 5.09. The lowest BCUT2D eigenvalue weighted by atomic mass is 9.98. The molecule has 1 atom stereocenters. The molecule has 1 aromatic heterocycles. The number of ether oxygens (including phenoxy) is 1. The van der Waals surface area contributed by atoms with Gasteiger partial charge in [-0.25, -0.2) is 4.39 Å². The molecule has 102 valence electrons. The summed E-state index contributed by atoms with van der Waals surface area (Å²) in [7, 11) is 1.68. The predicted octanol–water partition coefficient (Wildman–Crippen LogP) is 3.12. The van der Waals surface area contributed by atoms with Gasteiger partial charge < -0.3 is 10.1 Å². The van der Waals surface area contributed by atoms with Crippen molar-refractivity contribution in [2.24, 2.45) is 0 Å². The number of benzene rings is 1. The Hall–Kier alpha value is -2.14. The number of rotatable bonds is 3. The fourth-order valence-electron chi connectivity index (χ4n) is 2.22. The summed E-state index contributed by atoms with van der Waals surface area (Å²) in [5, 5.41) is 6.65. The minimum atomic E-state index is -0.651. The number of ketones is 1. The van der Waals surface area contributed by atoms with E-state index in [2.05, 4.69) is 5.32 Å². The summed E-state index contributed by atoms with van der Waals surface area (Å²) in [5.74, 6) is -0.146. The minimum Gasteiger partial charge on any atom is -0.462 e. The van der Waals surface area contributed by atoms with Gasteiger partial charge in [0.2, 0.25) is 5.78 Å². The molecule has 3 rings (SSSR count). The molecule has 5 heteroatoms. The highest BCUT2D eigenvalue weighted by atomic mass is 32.1. The maximum Gasteiger partial charge on any atom is 0.213 e. The normalized spacial score (nSPS) is 18.3.